The van der Waals surface area contributed by atoms with Crippen LogP contribution in [-0.4, -0.2) is 19.0 Å². The lowest BCUT2D eigenvalue weighted by Gasteiger charge is -2.35. The Kier molecular flexibility index (Phi) is 4.14. The zero-order valence-electron chi connectivity index (χ0n) is 10.9. The third kappa shape index (κ3) is 2.92. The molecule has 5 heteroatoms. The molecule has 1 aliphatic heterocycles. The third-order valence-electron chi connectivity index (χ3n) is 3.90. The summed E-state index contributed by atoms with van der Waals surface area (Å²) in [6.45, 7) is 3.59. The Hall–Kier alpha value is -1.49. The van der Waals surface area contributed by atoms with Crippen molar-refractivity contribution in [2.75, 3.05) is 18.4 Å². The number of hydrogen-bond acceptors (Lipinski definition) is 2. The number of piperidine rings is 1. The van der Waals surface area contributed by atoms with Crippen molar-refractivity contribution in [2.45, 2.75) is 26.2 Å². The first kappa shape index (κ1) is 13.9. The Labute approximate surface area is 111 Å². The summed E-state index contributed by atoms with van der Waals surface area (Å²) in [5.74, 6) is -1.97. The monoisotopic (exact) mass is 268 g/mol. The van der Waals surface area contributed by atoms with Crippen LogP contribution in [0.1, 0.15) is 26.2 Å². The molecule has 0 spiro atoms. The molecule has 1 fully saturated rings. The predicted molar refractivity (Wildman–Crippen MR) is 69.8 cm³/mol. The summed E-state index contributed by atoms with van der Waals surface area (Å²) in [7, 11) is 0. The van der Waals surface area contributed by atoms with Crippen molar-refractivity contribution in [1.82, 2.24) is 5.32 Å². The standard InChI is InChI=1S/C14H18F2N2O/c1-2-14(5-7-17-8-6-14)13(19)18-10-3-4-11(15)12(16)9-10/h3-4,9,17H,2,5-8H2,1H3,(H,18,19). The van der Waals surface area contributed by atoms with E-state index in [4.69, 9.17) is 0 Å². The quantitative estimate of drug-likeness (QED) is 0.885. The van der Waals surface area contributed by atoms with E-state index in [-0.39, 0.29) is 5.91 Å². The van der Waals surface area contributed by atoms with Crippen LogP contribution in [0.15, 0.2) is 18.2 Å². The van der Waals surface area contributed by atoms with E-state index in [9.17, 15) is 13.6 Å². The number of rotatable bonds is 3. The average Bonchev–Trinajstić information content (AvgIpc) is 2.43. The van der Waals surface area contributed by atoms with Gasteiger partial charge < -0.3 is 10.6 Å². The van der Waals surface area contributed by atoms with E-state index >= 15 is 0 Å². The maximum atomic E-state index is 13.1. The second-order valence-electron chi connectivity index (χ2n) is 4.97. The molecule has 2 rings (SSSR count). The molecule has 1 aromatic rings. The molecule has 0 saturated carbocycles. The van der Waals surface area contributed by atoms with Crippen molar-refractivity contribution in [3.63, 3.8) is 0 Å². The van der Waals surface area contributed by atoms with E-state index in [1.165, 1.54) is 6.07 Å². The normalized spacial score (nSPS) is 18.1. The minimum absolute atomic E-state index is 0.109. The number of carbonyl (C=O) groups is 1. The number of amides is 1. The van der Waals surface area contributed by atoms with Crippen LogP contribution in [0.25, 0.3) is 0 Å². The maximum absolute atomic E-state index is 13.1. The van der Waals surface area contributed by atoms with Gasteiger partial charge in [-0.2, -0.15) is 0 Å². The van der Waals surface area contributed by atoms with Crippen molar-refractivity contribution in [3.8, 4) is 0 Å². The molecule has 0 aliphatic carbocycles. The van der Waals surface area contributed by atoms with Crippen molar-refractivity contribution in [1.29, 1.82) is 0 Å². The Morgan fingerprint density at radius 2 is 2.00 bits per heavy atom. The predicted octanol–water partition coefficient (Wildman–Crippen LogP) is 2.68. The van der Waals surface area contributed by atoms with Crippen LogP contribution in [0.5, 0.6) is 0 Å². The molecule has 0 unspecified atom stereocenters. The summed E-state index contributed by atoms with van der Waals surface area (Å²) in [6, 6.07) is 3.41. The van der Waals surface area contributed by atoms with Gasteiger partial charge in [0.25, 0.3) is 0 Å². The number of anilines is 1. The first-order chi connectivity index (χ1) is 9.07. The topological polar surface area (TPSA) is 41.1 Å². The van der Waals surface area contributed by atoms with Crippen LogP contribution in [0, 0.1) is 17.0 Å². The highest BCUT2D eigenvalue weighted by atomic mass is 19.2. The molecule has 0 atom stereocenters. The van der Waals surface area contributed by atoms with Crippen LogP contribution in [0.3, 0.4) is 0 Å². The van der Waals surface area contributed by atoms with Gasteiger partial charge in [0.1, 0.15) is 0 Å². The van der Waals surface area contributed by atoms with Crippen molar-refractivity contribution in [3.05, 3.63) is 29.8 Å². The Morgan fingerprint density at radius 3 is 2.58 bits per heavy atom. The Bertz CT molecular complexity index is 471. The van der Waals surface area contributed by atoms with Gasteiger partial charge in [-0.05, 0) is 44.5 Å². The minimum atomic E-state index is -0.950. The number of nitrogens with one attached hydrogen (secondary N) is 2. The van der Waals surface area contributed by atoms with Gasteiger partial charge in [-0.3, -0.25) is 4.79 Å². The van der Waals surface area contributed by atoms with Gasteiger partial charge >= 0.3 is 0 Å². The summed E-state index contributed by atoms with van der Waals surface area (Å²) in [5, 5.41) is 5.92. The lowest BCUT2D eigenvalue weighted by molar-refractivity contribution is -0.127. The van der Waals surface area contributed by atoms with E-state index < -0.39 is 17.0 Å². The van der Waals surface area contributed by atoms with Gasteiger partial charge in [0, 0.05) is 11.8 Å². The first-order valence-corrected chi connectivity index (χ1v) is 6.54. The van der Waals surface area contributed by atoms with Gasteiger partial charge in [0.2, 0.25) is 5.91 Å². The highest BCUT2D eigenvalue weighted by Crippen LogP contribution is 2.34. The van der Waals surface area contributed by atoms with Crippen LogP contribution in [0.2, 0.25) is 0 Å². The Balaban J connectivity index is 2.12. The molecule has 3 nitrogen and oxygen atoms in total. The molecule has 1 aliphatic rings. The largest absolute Gasteiger partial charge is 0.326 e. The van der Waals surface area contributed by atoms with Crippen LogP contribution < -0.4 is 10.6 Å². The first-order valence-electron chi connectivity index (χ1n) is 6.54. The summed E-state index contributed by atoms with van der Waals surface area (Å²) < 4.78 is 25.9. The van der Waals surface area contributed by atoms with Gasteiger partial charge in [-0.15, -0.1) is 0 Å². The average molecular weight is 268 g/mol. The summed E-state index contributed by atoms with van der Waals surface area (Å²) in [5.41, 5.74) is -0.105. The van der Waals surface area contributed by atoms with E-state index in [2.05, 4.69) is 10.6 Å². The molecule has 19 heavy (non-hydrogen) atoms. The number of hydrogen-bond donors (Lipinski definition) is 2. The Morgan fingerprint density at radius 1 is 1.32 bits per heavy atom. The smallest absolute Gasteiger partial charge is 0.230 e. The van der Waals surface area contributed by atoms with Gasteiger partial charge in [-0.25, -0.2) is 8.78 Å². The SMILES string of the molecule is CCC1(C(=O)Nc2ccc(F)c(F)c2)CCNCC1. The highest BCUT2D eigenvalue weighted by molar-refractivity contribution is 5.95. The summed E-state index contributed by atoms with van der Waals surface area (Å²) in [4.78, 5) is 12.4. The number of halogens is 2. The van der Waals surface area contributed by atoms with Crippen LogP contribution in [-0.2, 0) is 4.79 Å². The van der Waals surface area contributed by atoms with E-state index in [1.54, 1.807) is 0 Å². The molecule has 1 saturated heterocycles. The fourth-order valence-electron chi connectivity index (χ4n) is 2.48. The molecule has 1 aromatic carbocycles. The van der Waals surface area contributed by atoms with Crippen LogP contribution >= 0.6 is 0 Å². The second-order valence-corrected chi connectivity index (χ2v) is 4.97. The van der Waals surface area contributed by atoms with Crippen molar-refractivity contribution < 1.29 is 13.6 Å². The molecule has 0 bridgehead atoms. The fraction of sp³-hybridized carbons (Fsp3) is 0.500. The molecule has 1 amide bonds. The van der Waals surface area contributed by atoms with E-state index in [0.29, 0.717) is 5.69 Å². The van der Waals surface area contributed by atoms with Crippen LogP contribution in [0.4, 0.5) is 14.5 Å². The molecule has 1 heterocycles. The fourth-order valence-corrected chi connectivity index (χ4v) is 2.48. The van der Waals surface area contributed by atoms with Gasteiger partial charge in [0.05, 0.1) is 5.41 Å². The maximum Gasteiger partial charge on any atom is 0.230 e. The minimum Gasteiger partial charge on any atom is -0.326 e. The zero-order valence-corrected chi connectivity index (χ0v) is 10.9. The number of benzene rings is 1. The highest BCUT2D eigenvalue weighted by Gasteiger charge is 2.37. The number of carbonyl (C=O) groups excluding carboxylic acids is 1. The molecule has 0 radical (unpaired) electrons. The molecular weight excluding hydrogens is 250 g/mol. The molecule has 2 N–H and O–H groups in total. The van der Waals surface area contributed by atoms with Crippen molar-refractivity contribution >= 4 is 11.6 Å². The molecular formula is C14H18F2N2O. The van der Waals surface area contributed by atoms with Gasteiger partial charge in [-0.1, -0.05) is 6.92 Å². The summed E-state index contributed by atoms with van der Waals surface area (Å²) >= 11 is 0. The summed E-state index contributed by atoms with van der Waals surface area (Å²) in [6.07, 6.45) is 2.27. The van der Waals surface area contributed by atoms with E-state index in [0.717, 1.165) is 44.5 Å². The lowest BCUT2D eigenvalue weighted by Crippen LogP contribution is -2.44. The van der Waals surface area contributed by atoms with E-state index in [1.807, 2.05) is 6.92 Å². The third-order valence-corrected chi connectivity index (χ3v) is 3.90. The molecule has 104 valence electrons. The van der Waals surface area contributed by atoms with Crippen molar-refractivity contribution in [2.24, 2.45) is 5.41 Å². The lowest BCUT2D eigenvalue weighted by atomic mass is 9.76. The molecule has 0 aromatic heterocycles. The second kappa shape index (κ2) is 5.65. The zero-order chi connectivity index (χ0) is 13.9. The van der Waals surface area contributed by atoms with Gasteiger partial charge in [0.15, 0.2) is 11.6 Å².